The lowest BCUT2D eigenvalue weighted by Crippen LogP contribution is -2.01. The summed E-state index contributed by atoms with van der Waals surface area (Å²) in [4.78, 5) is 0. The monoisotopic (exact) mass is 270 g/mol. The van der Waals surface area contributed by atoms with Crippen LogP contribution in [0.4, 0.5) is 0 Å². The number of benzene rings is 2. The number of rotatable bonds is 6. The molecule has 0 heterocycles. The van der Waals surface area contributed by atoms with Gasteiger partial charge in [0.05, 0.1) is 12.7 Å². The van der Waals surface area contributed by atoms with E-state index in [0.717, 1.165) is 24.2 Å². The van der Waals surface area contributed by atoms with E-state index in [0.29, 0.717) is 6.61 Å². The maximum absolute atomic E-state index is 10.3. The van der Waals surface area contributed by atoms with Crippen molar-refractivity contribution in [2.75, 3.05) is 6.61 Å². The fourth-order valence-electron chi connectivity index (χ4n) is 2.32. The third kappa shape index (κ3) is 4.10. The molecule has 0 aliphatic rings. The van der Waals surface area contributed by atoms with Gasteiger partial charge in [0.15, 0.2) is 0 Å². The minimum atomic E-state index is -0.448. The van der Waals surface area contributed by atoms with Gasteiger partial charge in [-0.3, -0.25) is 0 Å². The molecule has 0 aliphatic carbocycles. The highest BCUT2D eigenvalue weighted by molar-refractivity contribution is 5.30. The molecule has 1 unspecified atom stereocenters. The van der Waals surface area contributed by atoms with Crippen LogP contribution in [0.2, 0.25) is 0 Å². The van der Waals surface area contributed by atoms with Crippen molar-refractivity contribution in [3.8, 4) is 5.75 Å². The molecule has 0 aliphatic heterocycles. The van der Waals surface area contributed by atoms with Crippen molar-refractivity contribution in [3.05, 3.63) is 65.2 Å². The van der Waals surface area contributed by atoms with Gasteiger partial charge >= 0.3 is 0 Å². The highest BCUT2D eigenvalue weighted by atomic mass is 16.5. The third-order valence-corrected chi connectivity index (χ3v) is 3.34. The molecule has 0 fully saturated rings. The molecular weight excluding hydrogens is 248 g/mol. The van der Waals surface area contributed by atoms with Crippen molar-refractivity contribution in [2.45, 2.75) is 32.8 Å². The van der Waals surface area contributed by atoms with Crippen LogP contribution >= 0.6 is 0 Å². The number of aryl methyl sites for hydroxylation is 2. The van der Waals surface area contributed by atoms with Gasteiger partial charge in [-0.25, -0.2) is 0 Å². The van der Waals surface area contributed by atoms with E-state index in [2.05, 4.69) is 31.2 Å². The Hall–Kier alpha value is -1.80. The Bertz CT molecular complexity index is 549. The molecule has 2 heteroatoms. The molecule has 0 radical (unpaired) electrons. The zero-order chi connectivity index (χ0) is 14.4. The predicted molar refractivity (Wildman–Crippen MR) is 82.1 cm³/mol. The zero-order valence-corrected chi connectivity index (χ0v) is 12.2. The minimum absolute atomic E-state index is 0.448. The Kier molecular flexibility index (Phi) is 5.19. The van der Waals surface area contributed by atoms with Crippen LogP contribution in [0.5, 0.6) is 5.75 Å². The van der Waals surface area contributed by atoms with Crippen molar-refractivity contribution in [3.63, 3.8) is 0 Å². The first kappa shape index (κ1) is 14.6. The first-order valence-electron chi connectivity index (χ1n) is 7.15. The summed E-state index contributed by atoms with van der Waals surface area (Å²) in [6, 6.07) is 16.1. The third-order valence-electron chi connectivity index (χ3n) is 3.34. The second-order valence-corrected chi connectivity index (χ2v) is 5.05. The Balaban J connectivity index is 1.97. The fourth-order valence-corrected chi connectivity index (χ4v) is 2.32. The van der Waals surface area contributed by atoms with E-state index >= 15 is 0 Å². The fraction of sp³-hybridized carbons (Fsp3) is 0.333. The lowest BCUT2D eigenvalue weighted by molar-refractivity contribution is 0.167. The molecule has 20 heavy (non-hydrogen) atoms. The van der Waals surface area contributed by atoms with Gasteiger partial charge in [0.2, 0.25) is 0 Å². The first-order chi connectivity index (χ1) is 9.69. The number of ether oxygens (including phenoxy) is 1. The summed E-state index contributed by atoms with van der Waals surface area (Å²) < 4.78 is 5.46. The minimum Gasteiger partial charge on any atom is -0.494 e. The van der Waals surface area contributed by atoms with Crippen molar-refractivity contribution >= 4 is 0 Å². The van der Waals surface area contributed by atoms with Gasteiger partial charge in [-0.1, -0.05) is 42.0 Å². The number of aliphatic hydroxyl groups excluding tert-OH is 1. The molecule has 1 N–H and O–H groups in total. The predicted octanol–water partition coefficient (Wildman–Crippen LogP) is 4.06. The smallest absolute Gasteiger partial charge is 0.119 e. The lowest BCUT2D eigenvalue weighted by Gasteiger charge is -2.13. The van der Waals surface area contributed by atoms with Gasteiger partial charge in [-0.15, -0.1) is 0 Å². The molecule has 0 spiro atoms. The maximum atomic E-state index is 10.3. The van der Waals surface area contributed by atoms with Crippen LogP contribution in [0.25, 0.3) is 0 Å². The molecule has 2 aromatic carbocycles. The second-order valence-electron chi connectivity index (χ2n) is 5.05. The summed E-state index contributed by atoms with van der Waals surface area (Å²) in [5, 5.41) is 10.3. The maximum Gasteiger partial charge on any atom is 0.119 e. The lowest BCUT2D eigenvalue weighted by atomic mass is 10.0. The van der Waals surface area contributed by atoms with E-state index in [9.17, 15) is 5.11 Å². The van der Waals surface area contributed by atoms with Gasteiger partial charge < -0.3 is 9.84 Å². The van der Waals surface area contributed by atoms with E-state index in [1.54, 1.807) is 0 Å². The van der Waals surface area contributed by atoms with E-state index < -0.39 is 6.10 Å². The van der Waals surface area contributed by atoms with Crippen LogP contribution in [-0.2, 0) is 6.42 Å². The van der Waals surface area contributed by atoms with E-state index in [1.165, 1.54) is 11.1 Å². The summed E-state index contributed by atoms with van der Waals surface area (Å²) >= 11 is 0. The molecule has 0 bridgehead atoms. The van der Waals surface area contributed by atoms with Crippen molar-refractivity contribution < 1.29 is 9.84 Å². The Morgan fingerprint density at radius 2 is 1.90 bits per heavy atom. The Morgan fingerprint density at radius 1 is 1.10 bits per heavy atom. The quantitative estimate of drug-likeness (QED) is 0.857. The highest BCUT2D eigenvalue weighted by Crippen LogP contribution is 2.23. The van der Waals surface area contributed by atoms with Crippen molar-refractivity contribution in [2.24, 2.45) is 0 Å². The number of hydrogen-bond acceptors (Lipinski definition) is 2. The Labute approximate surface area is 121 Å². The van der Waals surface area contributed by atoms with Gasteiger partial charge in [-0.05, 0) is 49.9 Å². The summed E-state index contributed by atoms with van der Waals surface area (Å²) in [5.74, 6) is 0.819. The normalized spacial score (nSPS) is 12.2. The van der Waals surface area contributed by atoms with Crippen LogP contribution in [0, 0.1) is 6.92 Å². The molecule has 2 aromatic rings. The van der Waals surface area contributed by atoms with Gasteiger partial charge in [0.25, 0.3) is 0 Å². The average molecular weight is 270 g/mol. The average Bonchev–Trinajstić information content (AvgIpc) is 2.45. The number of hydrogen-bond donors (Lipinski definition) is 1. The van der Waals surface area contributed by atoms with Crippen molar-refractivity contribution in [1.82, 2.24) is 0 Å². The SMILES string of the molecule is CCOc1cccc(C(O)CCc2cccc(C)c2)c1. The molecular formula is C18H22O2. The second kappa shape index (κ2) is 7.11. The first-order valence-corrected chi connectivity index (χ1v) is 7.15. The van der Waals surface area contributed by atoms with Crippen LogP contribution in [0.15, 0.2) is 48.5 Å². The van der Waals surface area contributed by atoms with Crippen LogP contribution < -0.4 is 4.74 Å². The molecule has 0 saturated heterocycles. The van der Waals surface area contributed by atoms with Gasteiger partial charge in [0.1, 0.15) is 5.75 Å². The molecule has 106 valence electrons. The van der Waals surface area contributed by atoms with E-state index in [4.69, 9.17) is 4.74 Å². The summed E-state index contributed by atoms with van der Waals surface area (Å²) in [6.45, 7) is 4.69. The van der Waals surface area contributed by atoms with E-state index in [-0.39, 0.29) is 0 Å². The standard InChI is InChI=1S/C18H22O2/c1-3-20-17-9-5-8-16(13-17)18(19)11-10-15-7-4-6-14(2)12-15/h4-9,12-13,18-19H,3,10-11H2,1-2H3. The highest BCUT2D eigenvalue weighted by Gasteiger charge is 2.09. The Morgan fingerprint density at radius 3 is 2.65 bits per heavy atom. The molecule has 2 nitrogen and oxygen atoms in total. The zero-order valence-electron chi connectivity index (χ0n) is 12.2. The molecule has 1 atom stereocenters. The summed E-state index contributed by atoms with van der Waals surface area (Å²) in [7, 11) is 0. The van der Waals surface area contributed by atoms with Crippen LogP contribution in [-0.4, -0.2) is 11.7 Å². The summed E-state index contributed by atoms with van der Waals surface area (Å²) in [5.41, 5.74) is 3.45. The van der Waals surface area contributed by atoms with Gasteiger partial charge in [0, 0.05) is 0 Å². The molecule has 0 saturated carbocycles. The van der Waals surface area contributed by atoms with Crippen LogP contribution in [0.1, 0.15) is 36.1 Å². The largest absolute Gasteiger partial charge is 0.494 e. The van der Waals surface area contributed by atoms with Gasteiger partial charge in [-0.2, -0.15) is 0 Å². The molecule has 0 aromatic heterocycles. The molecule has 2 rings (SSSR count). The van der Waals surface area contributed by atoms with Crippen LogP contribution in [0.3, 0.4) is 0 Å². The topological polar surface area (TPSA) is 29.5 Å². The number of aliphatic hydroxyl groups is 1. The van der Waals surface area contributed by atoms with E-state index in [1.807, 2.05) is 31.2 Å². The molecule has 0 amide bonds. The van der Waals surface area contributed by atoms with Crippen molar-refractivity contribution in [1.29, 1.82) is 0 Å². The summed E-state index contributed by atoms with van der Waals surface area (Å²) in [6.07, 6.45) is 1.15.